The van der Waals surface area contributed by atoms with Gasteiger partial charge in [-0.3, -0.25) is 10.2 Å². The predicted molar refractivity (Wildman–Crippen MR) is 83.9 cm³/mol. The van der Waals surface area contributed by atoms with E-state index in [1.807, 2.05) is 30.4 Å². The Kier molecular flexibility index (Phi) is 3.70. The molecular formula is C17H14N2O3. The molecule has 0 saturated heterocycles. The van der Waals surface area contributed by atoms with Gasteiger partial charge in [-0.15, -0.1) is 0 Å². The lowest BCUT2D eigenvalue weighted by atomic mass is 9.79. The summed E-state index contributed by atoms with van der Waals surface area (Å²) in [6.45, 7) is 0. The van der Waals surface area contributed by atoms with Crippen molar-refractivity contribution in [3.63, 3.8) is 0 Å². The van der Waals surface area contributed by atoms with Gasteiger partial charge in [-0.2, -0.15) is 5.10 Å². The van der Waals surface area contributed by atoms with Crippen LogP contribution in [0.5, 0.6) is 0 Å². The summed E-state index contributed by atoms with van der Waals surface area (Å²) in [5.74, 6) is -1.22. The van der Waals surface area contributed by atoms with Crippen LogP contribution >= 0.6 is 0 Å². The molecule has 2 unspecified atom stereocenters. The third-order valence-corrected chi connectivity index (χ3v) is 3.67. The maximum atomic E-state index is 12.1. The van der Waals surface area contributed by atoms with E-state index in [4.69, 9.17) is 5.11 Å². The van der Waals surface area contributed by atoms with Gasteiger partial charge in [0.2, 0.25) is 5.78 Å². The molecule has 1 aromatic carbocycles. The zero-order valence-electron chi connectivity index (χ0n) is 11.6. The van der Waals surface area contributed by atoms with E-state index in [2.05, 4.69) is 10.5 Å². The smallest absolute Gasteiger partial charge is 0.337 e. The second kappa shape index (κ2) is 5.81. The Morgan fingerprint density at radius 3 is 2.73 bits per heavy atom. The van der Waals surface area contributed by atoms with Gasteiger partial charge in [0, 0.05) is 11.8 Å². The summed E-state index contributed by atoms with van der Waals surface area (Å²) >= 11 is 0. The van der Waals surface area contributed by atoms with Crippen LogP contribution in [0, 0.1) is 11.8 Å². The fourth-order valence-corrected chi connectivity index (χ4v) is 2.55. The molecular weight excluding hydrogens is 280 g/mol. The van der Waals surface area contributed by atoms with E-state index in [9.17, 15) is 9.59 Å². The van der Waals surface area contributed by atoms with Gasteiger partial charge in [0.15, 0.2) is 0 Å². The molecule has 0 aliphatic heterocycles. The molecule has 0 radical (unpaired) electrons. The molecule has 5 nitrogen and oxygen atoms in total. The second-order valence-corrected chi connectivity index (χ2v) is 5.06. The third-order valence-electron chi connectivity index (χ3n) is 3.67. The molecule has 1 aromatic rings. The number of carboxylic acids is 1. The Hall–Kier alpha value is -2.95. The maximum Gasteiger partial charge on any atom is 0.337 e. The fourth-order valence-electron chi connectivity index (χ4n) is 2.55. The highest BCUT2D eigenvalue weighted by Crippen LogP contribution is 2.27. The van der Waals surface area contributed by atoms with Crippen LogP contribution in [0.2, 0.25) is 0 Å². The van der Waals surface area contributed by atoms with Crippen molar-refractivity contribution >= 4 is 23.2 Å². The molecule has 0 spiro atoms. The summed E-state index contributed by atoms with van der Waals surface area (Å²) in [7, 11) is 0. The van der Waals surface area contributed by atoms with Crippen LogP contribution in [0.1, 0.15) is 10.4 Å². The molecule has 0 bridgehead atoms. The first-order valence-electron chi connectivity index (χ1n) is 6.90. The number of nitrogens with zero attached hydrogens (tertiary/aromatic N) is 1. The molecule has 3 rings (SSSR count). The van der Waals surface area contributed by atoms with Gasteiger partial charge in [0.1, 0.15) is 5.71 Å². The monoisotopic (exact) mass is 294 g/mol. The first-order chi connectivity index (χ1) is 10.7. The SMILES string of the molecule is O=C1C=CC2C=CC=CC2/C1=N\Nc1ccccc1C(=O)O. The van der Waals surface area contributed by atoms with Gasteiger partial charge >= 0.3 is 5.97 Å². The summed E-state index contributed by atoms with van der Waals surface area (Å²) in [5.41, 5.74) is 3.58. The Morgan fingerprint density at radius 1 is 1.14 bits per heavy atom. The van der Waals surface area contributed by atoms with Crippen LogP contribution in [0.15, 0.2) is 65.8 Å². The van der Waals surface area contributed by atoms with E-state index in [1.165, 1.54) is 12.1 Å². The Labute approximate surface area is 127 Å². The lowest BCUT2D eigenvalue weighted by Crippen LogP contribution is -2.31. The molecule has 0 saturated carbocycles. The maximum absolute atomic E-state index is 12.1. The highest BCUT2D eigenvalue weighted by atomic mass is 16.4. The van der Waals surface area contributed by atoms with Crippen LogP contribution in [0.4, 0.5) is 5.69 Å². The molecule has 0 fully saturated rings. The minimum absolute atomic E-state index is 0.109. The Morgan fingerprint density at radius 2 is 1.91 bits per heavy atom. The third kappa shape index (κ3) is 2.61. The number of carboxylic acid groups (broad SMARTS) is 1. The largest absolute Gasteiger partial charge is 0.478 e. The molecule has 22 heavy (non-hydrogen) atoms. The molecule has 0 heterocycles. The van der Waals surface area contributed by atoms with Crippen molar-refractivity contribution in [3.05, 3.63) is 66.3 Å². The lowest BCUT2D eigenvalue weighted by Gasteiger charge is -2.25. The quantitative estimate of drug-likeness (QED) is 0.840. The van der Waals surface area contributed by atoms with Crippen LogP contribution < -0.4 is 5.43 Å². The number of para-hydroxylation sites is 1. The second-order valence-electron chi connectivity index (χ2n) is 5.06. The van der Waals surface area contributed by atoms with Gasteiger partial charge in [-0.05, 0) is 18.2 Å². The molecule has 110 valence electrons. The number of fused-ring (bicyclic) bond motifs is 1. The molecule has 2 aliphatic rings. The molecule has 2 atom stereocenters. The number of carbonyl (C=O) groups is 2. The van der Waals surface area contributed by atoms with E-state index in [0.717, 1.165) is 0 Å². The Balaban J connectivity index is 1.90. The minimum atomic E-state index is -1.04. The number of rotatable bonds is 3. The minimum Gasteiger partial charge on any atom is -0.478 e. The molecule has 0 aromatic heterocycles. The van der Waals surface area contributed by atoms with Crippen LogP contribution in [0.25, 0.3) is 0 Å². The summed E-state index contributed by atoms with van der Waals surface area (Å²) in [6, 6.07) is 6.45. The van der Waals surface area contributed by atoms with Gasteiger partial charge in [-0.25, -0.2) is 4.79 Å². The molecule has 2 N–H and O–H groups in total. The summed E-state index contributed by atoms with van der Waals surface area (Å²) < 4.78 is 0. The van der Waals surface area contributed by atoms with Crippen LogP contribution in [-0.2, 0) is 4.79 Å². The molecule has 2 aliphatic carbocycles. The van der Waals surface area contributed by atoms with Crippen molar-refractivity contribution in [2.24, 2.45) is 16.9 Å². The van der Waals surface area contributed by atoms with E-state index in [-0.39, 0.29) is 23.2 Å². The molecule has 0 amide bonds. The van der Waals surface area contributed by atoms with E-state index >= 15 is 0 Å². The zero-order valence-corrected chi connectivity index (χ0v) is 11.6. The van der Waals surface area contributed by atoms with E-state index in [0.29, 0.717) is 11.4 Å². The number of carbonyl (C=O) groups excluding carboxylic acids is 1. The highest BCUT2D eigenvalue weighted by molar-refractivity contribution is 6.46. The van der Waals surface area contributed by atoms with Crippen molar-refractivity contribution < 1.29 is 14.7 Å². The lowest BCUT2D eigenvalue weighted by molar-refractivity contribution is -0.109. The van der Waals surface area contributed by atoms with Crippen molar-refractivity contribution in [3.8, 4) is 0 Å². The number of hydrazone groups is 1. The van der Waals surface area contributed by atoms with Crippen molar-refractivity contribution in [2.45, 2.75) is 0 Å². The number of benzene rings is 1. The van der Waals surface area contributed by atoms with Crippen molar-refractivity contribution in [1.82, 2.24) is 0 Å². The number of nitrogens with one attached hydrogen (secondary N) is 1. The zero-order chi connectivity index (χ0) is 15.5. The van der Waals surface area contributed by atoms with Crippen molar-refractivity contribution in [2.75, 3.05) is 5.43 Å². The number of hydrogen-bond acceptors (Lipinski definition) is 4. The normalized spacial score (nSPS) is 24.4. The predicted octanol–water partition coefficient (Wildman–Crippen LogP) is 2.65. The van der Waals surface area contributed by atoms with Gasteiger partial charge in [0.05, 0.1) is 11.3 Å². The van der Waals surface area contributed by atoms with E-state index in [1.54, 1.807) is 18.2 Å². The number of hydrogen-bond donors (Lipinski definition) is 2. The Bertz CT molecular complexity index is 744. The number of allylic oxidation sites excluding steroid dienone is 6. The number of ketones is 1. The fraction of sp³-hybridized carbons (Fsp3) is 0.118. The van der Waals surface area contributed by atoms with Gasteiger partial charge < -0.3 is 5.11 Å². The topological polar surface area (TPSA) is 78.8 Å². The standard InChI is InChI=1S/C17H14N2O3/c20-15-10-9-11-5-1-2-6-12(11)16(15)19-18-14-8-4-3-7-13(14)17(21)22/h1-12,18H,(H,21,22)/b19-16+. The molecule has 5 heteroatoms. The summed E-state index contributed by atoms with van der Waals surface area (Å²) in [4.78, 5) is 23.2. The van der Waals surface area contributed by atoms with Gasteiger partial charge in [-0.1, -0.05) is 42.5 Å². The van der Waals surface area contributed by atoms with E-state index < -0.39 is 5.97 Å². The average Bonchev–Trinajstić information content (AvgIpc) is 2.54. The van der Waals surface area contributed by atoms with Crippen LogP contribution in [0.3, 0.4) is 0 Å². The first-order valence-corrected chi connectivity index (χ1v) is 6.90. The highest BCUT2D eigenvalue weighted by Gasteiger charge is 2.29. The number of anilines is 1. The first kappa shape index (κ1) is 14.0. The summed E-state index contributed by atoms with van der Waals surface area (Å²) in [6.07, 6.45) is 11.1. The van der Waals surface area contributed by atoms with Gasteiger partial charge in [0.25, 0.3) is 0 Å². The summed E-state index contributed by atoms with van der Waals surface area (Å²) in [5, 5.41) is 13.3. The van der Waals surface area contributed by atoms with Crippen LogP contribution in [-0.4, -0.2) is 22.6 Å². The average molecular weight is 294 g/mol. The number of aromatic carboxylic acids is 1. The van der Waals surface area contributed by atoms with Crippen molar-refractivity contribution in [1.29, 1.82) is 0 Å².